The average Bonchev–Trinajstić information content (AvgIpc) is 2.62. The molecule has 0 spiro atoms. The Labute approximate surface area is 153 Å². The largest absolute Gasteiger partial charge is 0.469 e. The van der Waals surface area contributed by atoms with Crippen LogP contribution in [0, 0.1) is 0 Å². The second-order valence-corrected chi connectivity index (χ2v) is 6.22. The van der Waals surface area contributed by atoms with Crippen molar-refractivity contribution >= 4 is 5.97 Å². The van der Waals surface area contributed by atoms with Gasteiger partial charge in [-0.1, -0.05) is 56.2 Å². The smallest absolute Gasteiger partial charge is 0.305 e. The van der Waals surface area contributed by atoms with E-state index in [2.05, 4.69) is 23.8 Å². The minimum atomic E-state index is -0.758. The summed E-state index contributed by atoms with van der Waals surface area (Å²) < 4.78 is 4.56. The maximum Gasteiger partial charge on any atom is 0.305 e. The number of ether oxygens (including phenoxy) is 1. The van der Waals surface area contributed by atoms with Gasteiger partial charge in [-0.05, 0) is 44.9 Å². The molecule has 144 valence electrons. The Kier molecular flexibility index (Phi) is 16.5. The number of aliphatic hydroxyl groups is 2. The van der Waals surface area contributed by atoms with Crippen molar-refractivity contribution < 1.29 is 19.7 Å². The van der Waals surface area contributed by atoms with Crippen LogP contribution in [0.5, 0.6) is 0 Å². The second kappa shape index (κ2) is 17.4. The normalized spacial score (nSPS) is 14.6. The van der Waals surface area contributed by atoms with Crippen LogP contribution in [0.1, 0.15) is 71.1 Å². The van der Waals surface area contributed by atoms with Crippen LogP contribution in [0.2, 0.25) is 0 Å². The fraction of sp³-hybridized carbons (Fsp3) is 0.667. The predicted octanol–water partition coefficient (Wildman–Crippen LogP) is 4.47. The summed E-state index contributed by atoms with van der Waals surface area (Å²) in [5, 5.41) is 19.8. The van der Waals surface area contributed by atoms with E-state index in [9.17, 15) is 15.0 Å². The lowest BCUT2D eigenvalue weighted by Crippen LogP contribution is -2.24. The van der Waals surface area contributed by atoms with E-state index in [0.717, 1.165) is 25.7 Å². The Hall–Kier alpha value is -1.39. The topological polar surface area (TPSA) is 66.8 Å². The highest BCUT2D eigenvalue weighted by molar-refractivity contribution is 5.69. The van der Waals surface area contributed by atoms with Crippen LogP contribution in [-0.2, 0) is 9.53 Å². The van der Waals surface area contributed by atoms with E-state index < -0.39 is 12.2 Å². The molecule has 2 N–H and O–H groups in total. The number of hydrogen-bond acceptors (Lipinski definition) is 4. The predicted molar refractivity (Wildman–Crippen MR) is 103 cm³/mol. The highest BCUT2D eigenvalue weighted by Crippen LogP contribution is 2.07. The van der Waals surface area contributed by atoms with Gasteiger partial charge < -0.3 is 14.9 Å². The van der Waals surface area contributed by atoms with E-state index in [-0.39, 0.29) is 5.97 Å². The van der Waals surface area contributed by atoms with Crippen LogP contribution >= 0.6 is 0 Å². The van der Waals surface area contributed by atoms with Crippen LogP contribution in [0.25, 0.3) is 0 Å². The summed E-state index contributed by atoms with van der Waals surface area (Å²) in [5.41, 5.74) is 0. The first-order valence-corrected chi connectivity index (χ1v) is 9.49. The van der Waals surface area contributed by atoms with Gasteiger partial charge >= 0.3 is 5.97 Å². The van der Waals surface area contributed by atoms with Crippen molar-refractivity contribution in [1.29, 1.82) is 0 Å². The molecule has 0 aliphatic heterocycles. The molecule has 0 rings (SSSR count). The van der Waals surface area contributed by atoms with E-state index in [1.54, 1.807) is 0 Å². The number of allylic oxidation sites excluding steroid dienone is 4. The van der Waals surface area contributed by atoms with Gasteiger partial charge in [0.15, 0.2) is 0 Å². The highest BCUT2D eigenvalue weighted by Gasteiger charge is 2.12. The molecule has 0 aromatic carbocycles. The van der Waals surface area contributed by atoms with Gasteiger partial charge in [0, 0.05) is 6.42 Å². The van der Waals surface area contributed by atoms with E-state index >= 15 is 0 Å². The number of carbonyl (C=O) groups excluding carboxylic acids is 1. The van der Waals surface area contributed by atoms with Crippen molar-refractivity contribution in [2.24, 2.45) is 0 Å². The number of unbranched alkanes of at least 4 members (excludes halogenated alkanes) is 4. The van der Waals surface area contributed by atoms with Crippen molar-refractivity contribution in [2.45, 2.75) is 83.3 Å². The molecule has 0 heterocycles. The third kappa shape index (κ3) is 15.9. The van der Waals surface area contributed by atoms with Crippen molar-refractivity contribution in [3.63, 3.8) is 0 Å². The molecule has 4 nitrogen and oxygen atoms in total. The Morgan fingerprint density at radius 1 is 0.880 bits per heavy atom. The van der Waals surface area contributed by atoms with Crippen molar-refractivity contribution in [2.75, 3.05) is 7.11 Å². The molecule has 0 saturated carbocycles. The van der Waals surface area contributed by atoms with Crippen molar-refractivity contribution in [1.82, 2.24) is 0 Å². The zero-order chi connectivity index (χ0) is 18.8. The Morgan fingerprint density at radius 2 is 1.44 bits per heavy atom. The van der Waals surface area contributed by atoms with Crippen LogP contribution in [0.3, 0.4) is 0 Å². The maximum atomic E-state index is 10.9. The summed E-state index contributed by atoms with van der Waals surface area (Å²) in [7, 11) is 1.38. The van der Waals surface area contributed by atoms with E-state index in [1.165, 1.54) is 26.4 Å². The number of carbonyl (C=O) groups is 1. The fourth-order valence-corrected chi connectivity index (χ4v) is 2.27. The van der Waals surface area contributed by atoms with Gasteiger partial charge in [0.2, 0.25) is 0 Å². The zero-order valence-electron chi connectivity index (χ0n) is 15.9. The standard InChI is InChI=1S/C21H36O4/c1-3-4-5-6-7-8-9-10-13-16-19(22)20(23)17-14-11-12-15-18-21(24)25-2/h7-8,10-11,13-14,19-20,22-23H,3-6,9,12,15-18H2,1-2H3/b8-7-,13-10-,14-11-. The molecular weight excluding hydrogens is 316 g/mol. The average molecular weight is 353 g/mol. The second-order valence-electron chi connectivity index (χ2n) is 6.22. The lowest BCUT2D eigenvalue weighted by molar-refractivity contribution is -0.140. The molecular formula is C21H36O4. The van der Waals surface area contributed by atoms with Gasteiger partial charge in [0.1, 0.15) is 0 Å². The number of hydrogen-bond donors (Lipinski definition) is 2. The summed E-state index contributed by atoms with van der Waals surface area (Å²) in [6, 6.07) is 0. The number of aliphatic hydroxyl groups excluding tert-OH is 2. The SMILES string of the molecule is CCCCC/C=C\C/C=C\CC(O)C(O)C/C=C\CCCC(=O)OC. The molecule has 0 bridgehead atoms. The lowest BCUT2D eigenvalue weighted by Gasteiger charge is -2.14. The molecule has 0 aliphatic carbocycles. The Bertz CT molecular complexity index is 399. The van der Waals surface area contributed by atoms with E-state index in [0.29, 0.717) is 19.3 Å². The van der Waals surface area contributed by atoms with Crippen LogP contribution < -0.4 is 0 Å². The first-order chi connectivity index (χ1) is 12.1. The first-order valence-electron chi connectivity index (χ1n) is 9.49. The fourth-order valence-electron chi connectivity index (χ4n) is 2.27. The third-order valence-corrected chi connectivity index (χ3v) is 3.93. The lowest BCUT2D eigenvalue weighted by atomic mass is 10.1. The minimum Gasteiger partial charge on any atom is -0.469 e. The van der Waals surface area contributed by atoms with Crippen LogP contribution in [-0.4, -0.2) is 35.5 Å². The van der Waals surface area contributed by atoms with Crippen LogP contribution in [0.4, 0.5) is 0 Å². The molecule has 0 radical (unpaired) electrons. The summed E-state index contributed by atoms with van der Waals surface area (Å²) in [5.74, 6) is -0.202. The molecule has 25 heavy (non-hydrogen) atoms. The number of esters is 1. The molecule has 2 unspecified atom stereocenters. The Balaban J connectivity index is 3.71. The monoisotopic (exact) mass is 352 g/mol. The summed E-state index contributed by atoms with van der Waals surface area (Å²) in [6.45, 7) is 2.20. The summed E-state index contributed by atoms with van der Waals surface area (Å²) in [6.07, 6.45) is 19.1. The van der Waals surface area contributed by atoms with Gasteiger partial charge in [-0.25, -0.2) is 0 Å². The van der Waals surface area contributed by atoms with Gasteiger partial charge in [-0.2, -0.15) is 0 Å². The molecule has 0 saturated heterocycles. The first kappa shape index (κ1) is 23.6. The quantitative estimate of drug-likeness (QED) is 0.259. The Morgan fingerprint density at radius 3 is 2.08 bits per heavy atom. The summed E-state index contributed by atoms with van der Waals surface area (Å²) in [4.78, 5) is 10.9. The molecule has 0 aromatic rings. The van der Waals surface area contributed by atoms with Gasteiger partial charge in [0.25, 0.3) is 0 Å². The molecule has 0 amide bonds. The number of methoxy groups -OCH3 is 1. The van der Waals surface area contributed by atoms with Gasteiger partial charge in [0.05, 0.1) is 19.3 Å². The number of rotatable bonds is 15. The zero-order valence-corrected chi connectivity index (χ0v) is 15.9. The maximum absolute atomic E-state index is 10.9. The molecule has 0 aromatic heterocycles. The molecule has 0 fully saturated rings. The van der Waals surface area contributed by atoms with Crippen molar-refractivity contribution in [3.8, 4) is 0 Å². The van der Waals surface area contributed by atoms with Crippen molar-refractivity contribution in [3.05, 3.63) is 36.5 Å². The van der Waals surface area contributed by atoms with Crippen LogP contribution in [0.15, 0.2) is 36.5 Å². The van der Waals surface area contributed by atoms with E-state index in [4.69, 9.17) is 0 Å². The molecule has 0 aliphatic rings. The van der Waals surface area contributed by atoms with Gasteiger partial charge in [-0.3, -0.25) is 4.79 Å². The summed E-state index contributed by atoms with van der Waals surface area (Å²) >= 11 is 0. The van der Waals surface area contributed by atoms with Gasteiger partial charge in [-0.15, -0.1) is 0 Å². The minimum absolute atomic E-state index is 0.202. The highest BCUT2D eigenvalue weighted by atomic mass is 16.5. The molecule has 2 atom stereocenters. The molecule has 4 heteroatoms. The third-order valence-electron chi connectivity index (χ3n) is 3.93. The van der Waals surface area contributed by atoms with E-state index in [1.807, 2.05) is 24.3 Å².